The summed E-state index contributed by atoms with van der Waals surface area (Å²) >= 11 is 1.77. The molecule has 1 saturated heterocycles. The molecule has 1 atom stereocenters. The minimum absolute atomic E-state index is 0.0768. The zero-order chi connectivity index (χ0) is 13.8. The Hall–Kier alpha value is -1.81. The summed E-state index contributed by atoms with van der Waals surface area (Å²) in [6, 6.07) is 13.7. The van der Waals surface area contributed by atoms with Crippen LogP contribution in [0.1, 0.15) is 17.2 Å². The average Bonchev–Trinajstić information content (AvgIpc) is 3.16. The van der Waals surface area contributed by atoms with Crippen molar-refractivity contribution in [1.29, 1.82) is 0 Å². The summed E-state index contributed by atoms with van der Waals surface area (Å²) in [5.74, 6) is 1.32. The minimum atomic E-state index is 0.0768. The van der Waals surface area contributed by atoms with Gasteiger partial charge in [0.05, 0.1) is 0 Å². The molecule has 1 aliphatic heterocycles. The van der Waals surface area contributed by atoms with Gasteiger partial charge in [0.15, 0.2) is 6.61 Å². The Morgan fingerprint density at radius 2 is 2.10 bits per heavy atom. The van der Waals surface area contributed by atoms with Crippen LogP contribution in [0.25, 0.3) is 0 Å². The van der Waals surface area contributed by atoms with Crippen LogP contribution in [-0.4, -0.2) is 30.5 Å². The van der Waals surface area contributed by atoms with Gasteiger partial charge in [0.1, 0.15) is 5.75 Å². The van der Waals surface area contributed by atoms with E-state index in [0.29, 0.717) is 5.92 Å². The van der Waals surface area contributed by atoms with E-state index in [9.17, 15) is 4.79 Å². The van der Waals surface area contributed by atoms with Crippen LogP contribution in [-0.2, 0) is 4.79 Å². The second-order valence-electron chi connectivity index (χ2n) is 4.94. The Kier molecular flexibility index (Phi) is 4.02. The van der Waals surface area contributed by atoms with E-state index < -0.39 is 0 Å². The van der Waals surface area contributed by atoms with E-state index >= 15 is 0 Å². The molecule has 1 fully saturated rings. The van der Waals surface area contributed by atoms with Crippen LogP contribution in [0.3, 0.4) is 0 Å². The predicted octanol–water partition coefficient (Wildman–Crippen LogP) is 3.14. The van der Waals surface area contributed by atoms with E-state index in [0.717, 1.165) is 25.3 Å². The van der Waals surface area contributed by atoms with Crippen molar-refractivity contribution in [2.45, 2.75) is 12.3 Å². The molecule has 2 aromatic rings. The number of carbonyl (C=O) groups is 1. The minimum Gasteiger partial charge on any atom is -0.484 e. The zero-order valence-electron chi connectivity index (χ0n) is 11.2. The fourth-order valence-corrected chi connectivity index (χ4v) is 3.35. The molecule has 3 rings (SSSR count). The standard InChI is InChI=1S/C16H17NO2S/c18-16(12-19-14-5-2-1-3-6-14)17-9-8-13(11-17)15-7-4-10-20-15/h1-7,10,13H,8-9,11-12H2. The molecule has 2 heterocycles. The number of hydrogen-bond acceptors (Lipinski definition) is 3. The number of nitrogens with zero attached hydrogens (tertiary/aromatic N) is 1. The maximum absolute atomic E-state index is 12.1. The topological polar surface area (TPSA) is 29.5 Å². The quantitative estimate of drug-likeness (QED) is 0.864. The lowest BCUT2D eigenvalue weighted by Gasteiger charge is -2.16. The van der Waals surface area contributed by atoms with Crippen molar-refractivity contribution >= 4 is 17.2 Å². The largest absolute Gasteiger partial charge is 0.484 e. The van der Waals surface area contributed by atoms with Crippen molar-refractivity contribution < 1.29 is 9.53 Å². The highest BCUT2D eigenvalue weighted by Crippen LogP contribution is 2.30. The molecule has 0 saturated carbocycles. The molecule has 1 aromatic carbocycles. The first-order valence-corrected chi connectivity index (χ1v) is 7.70. The first-order chi connectivity index (χ1) is 9.83. The van der Waals surface area contributed by atoms with E-state index in [1.807, 2.05) is 35.2 Å². The first-order valence-electron chi connectivity index (χ1n) is 6.82. The molecule has 3 nitrogen and oxygen atoms in total. The maximum Gasteiger partial charge on any atom is 0.260 e. The van der Waals surface area contributed by atoms with E-state index in [2.05, 4.69) is 17.5 Å². The summed E-state index contributed by atoms with van der Waals surface area (Å²) < 4.78 is 5.52. The summed E-state index contributed by atoms with van der Waals surface area (Å²) in [6.45, 7) is 1.78. The van der Waals surface area contributed by atoms with Gasteiger partial charge in [0, 0.05) is 23.9 Å². The summed E-state index contributed by atoms with van der Waals surface area (Å²) in [6.07, 6.45) is 1.05. The molecule has 1 amide bonds. The highest BCUT2D eigenvalue weighted by atomic mass is 32.1. The van der Waals surface area contributed by atoms with E-state index in [-0.39, 0.29) is 12.5 Å². The normalized spacial score (nSPS) is 18.2. The molecule has 1 unspecified atom stereocenters. The number of amides is 1. The first kappa shape index (κ1) is 13.2. The highest BCUT2D eigenvalue weighted by Gasteiger charge is 2.27. The third kappa shape index (κ3) is 3.02. The van der Waals surface area contributed by atoms with E-state index in [4.69, 9.17) is 4.74 Å². The van der Waals surface area contributed by atoms with Crippen LogP contribution in [0.4, 0.5) is 0 Å². The number of hydrogen-bond donors (Lipinski definition) is 0. The molecule has 104 valence electrons. The Labute approximate surface area is 122 Å². The van der Waals surface area contributed by atoms with Gasteiger partial charge in [0.2, 0.25) is 0 Å². The van der Waals surface area contributed by atoms with Crippen LogP contribution in [0, 0.1) is 0 Å². The lowest BCUT2D eigenvalue weighted by atomic mass is 10.1. The second kappa shape index (κ2) is 6.09. The van der Waals surface area contributed by atoms with Gasteiger partial charge in [-0.3, -0.25) is 4.79 Å². The molecule has 0 bridgehead atoms. The average molecular weight is 287 g/mol. The number of likely N-dealkylation sites (tertiary alicyclic amines) is 1. The molecule has 1 aromatic heterocycles. The number of carbonyl (C=O) groups excluding carboxylic acids is 1. The molecule has 4 heteroatoms. The fraction of sp³-hybridized carbons (Fsp3) is 0.312. The van der Waals surface area contributed by atoms with Crippen molar-refractivity contribution in [1.82, 2.24) is 4.90 Å². The van der Waals surface area contributed by atoms with Gasteiger partial charge in [-0.25, -0.2) is 0 Å². The van der Waals surface area contributed by atoms with Crippen molar-refractivity contribution in [3.05, 3.63) is 52.7 Å². The molecule has 0 N–H and O–H groups in total. The van der Waals surface area contributed by atoms with Crippen molar-refractivity contribution in [2.75, 3.05) is 19.7 Å². The van der Waals surface area contributed by atoms with Gasteiger partial charge in [-0.1, -0.05) is 24.3 Å². The summed E-state index contributed by atoms with van der Waals surface area (Å²) in [4.78, 5) is 15.4. The van der Waals surface area contributed by atoms with Gasteiger partial charge in [0.25, 0.3) is 5.91 Å². The Bertz CT molecular complexity index is 553. The van der Waals surface area contributed by atoms with Gasteiger partial charge in [-0.15, -0.1) is 11.3 Å². The highest BCUT2D eigenvalue weighted by molar-refractivity contribution is 7.10. The SMILES string of the molecule is O=C(COc1ccccc1)N1CCC(c2cccs2)C1. The van der Waals surface area contributed by atoms with Gasteiger partial charge in [-0.2, -0.15) is 0 Å². The van der Waals surface area contributed by atoms with Crippen molar-refractivity contribution in [2.24, 2.45) is 0 Å². The van der Waals surface area contributed by atoms with Gasteiger partial charge in [-0.05, 0) is 30.0 Å². The molecule has 0 spiro atoms. The van der Waals surface area contributed by atoms with Gasteiger partial charge >= 0.3 is 0 Å². The van der Waals surface area contributed by atoms with Crippen LogP contribution in [0.15, 0.2) is 47.8 Å². The Balaban J connectivity index is 1.51. The van der Waals surface area contributed by atoms with E-state index in [1.165, 1.54) is 4.88 Å². The molecule has 1 aliphatic rings. The lowest BCUT2D eigenvalue weighted by molar-refractivity contribution is -0.132. The second-order valence-corrected chi connectivity index (χ2v) is 5.92. The molecule has 0 radical (unpaired) electrons. The smallest absolute Gasteiger partial charge is 0.260 e. The lowest BCUT2D eigenvalue weighted by Crippen LogP contribution is -2.32. The molecule has 0 aliphatic carbocycles. The number of para-hydroxylation sites is 1. The number of benzene rings is 1. The predicted molar refractivity (Wildman–Crippen MR) is 80.2 cm³/mol. The number of ether oxygens (including phenoxy) is 1. The molecular weight excluding hydrogens is 270 g/mol. The maximum atomic E-state index is 12.1. The van der Waals surface area contributed by atoms with Gasteiger partial charge < -0.3 is 9.64 Å². The monoisotopic (exact) mass is 287 g/mol. The van der Waals surface area contributed by atoms with E-state index in [1.54, 1.807) is 11.3 Å². The summed E-state index contributed by atoms with van der Waals surface area (Å²) in [5.41, 5.74) is 0. The fourth-order valence-electron chi connectivity index (χ4n) is 2.50. The van der Waals surface area contributed by atoms with Crippen molar-refractivity contribution in [3.63, 3.8) is 0 Å². The Morgan fingerprint density at radius 3 is 2.85 bits per heavy atom. The third-order valence-corrected chi connectivity index (χ3v) is 4.63. The molecular formula is C16H17NO2S. The van der Waals surface area contributed by atoms with Crippen molar-refractivity contribution in [3.8, 4) is 5.75 Å². The van der Waals surface area contributed by atoms with Crippen LogP contribution in [0.5, 0.6) is 5.75 Å². The van der Waals surface area contributed by atoms with Crippen LogP contribution >= 0.6 is 11.3 Å². The van der Waals surface area contributed by atoms with Crippen LogP contribution < -0.4 is 4.74 Å². The Morgan fingerprint density at radius 1 is 1.25 bits per heavy atom. The number of rotatable bonds is 4. The summed E-state index contributed by atoms with van der Waals surface area (Å²) in [7, 11) is 0. The van der Waals surface area contributed by atoms with Crippen LogP contribution in [0.2, 0.25) is 0 Å². The summed E-state index contributed by atoms with van der Waals surface area (Å²) in [5, 5.41) is 2.10. The zero-order valence-corrected chi connectivity index (χ0v) is 12.0. The third-order valence-electron chi connectivity index (χ3n) is 3.59. The number of thiophene rings is 1. The molecule has 20 heavy (non-hydrogen) atoms.